The highest BCUT2D eigenvalue weighted by atomic mass is 16.5. The summed E-state index contributed by atoms with van der Waals surface area (Å²) >= 11 is 0. The van der Waals surface area contributed by atoms with Crippen LogP contribution in [0.2, 0.25) is 0 Å². The molecule has 1 saturated carbocycles. The highest BCUT2D eigenvalue weighted by Crippen LogP contribution is 2.40. The highest BCUT2D eigenvalue weighted by Gasteiger charge is 2.40. The van der Waals surface area contributed by atoms with E-state index in [-0.39, 0.29) is 18.8 Å². The number of hydrogen-bond acceptors (Lipinski definition) is 5. The van der Waals surface area contributed by atoms with Gasteiger partial charge in [0.25, 0.3) is 0 Å². The summed E-state index contributed by atoms with van der Waals surface area (Å²) < 4.78 is 11.4. The summed E-state index contributed by atoms with van der Waals surface area (Å²) in [5.74, 6) is -0.0437. The first-order valence-corrected chi connectivity index (χ1v) is 11.7. The predicted molar refractivity (Wildman–Crippen MR) is 126 cm³/mol. The van der Waals surface area contributed by atoms with Crippen molar-refractivity contribution in [3.05, 3.63) is 59.2 Å². The van der Waals surface area contributed by atoms with Crippen molar-refractivity contribution in [1.29, 1.82) is 0 Å². The van der Waals surface area contributed by atoms with E-state index in [9.17, 15) is 14.7 Å². The first kappa shape index (κ1) is 24.8. The molecule has 0 atom stereocenters. The van der Waals surface area contributed by atoms with Crippen molar-refractivity contribution >= 4 is 11.8 Å². The lowest BCUT2D eigenvalue weighted by Crippen LogP contribution is -2.33. The summed E-state index contributed by atoms with van der Waals surface area (Å²) in [7, 11) is 1.55. The Morgan fingerprint density at radius 3 is 2.27 bits per heavy atom. The fraction of sp³-hybridized carbons (Fsp3) is 0.481. The monoisotopic (exact) mass is 454 g/mol. The molecule has 0 saturated heterocycles. The molecule has 0 amide bonds. The Bertz CT molecular complexity index is 943. The molecule has 1 fully saturated rings. The highest BCUT2D eigenvalue weighted by molar-refractivity contribution is 5.99. The van der Waals surface area contributed by atoms with Gasteiger partial charge < -0.3 is 19.7 Å². The third kappa shape index (κ3) is 6.57. The van der Waals surface area contributed by atoms with Crippen LogP contribution in [0.15, 0.2) is 42.5 Å². The Labute approximate surface area is 195 Å². The first-order valence-electron chi connectivity index (χ1n) is 11.7. The topological polar surface area (TPSA) is 93.1 Å². The molecule has 33 heavy (non-hydrogen) atoms. The van der Waals surface area contributed by atoms with Gasteiger partial charge in [0.05, 0.1) is 19.1 Å². The molecule has 3 rings (SSSR count). The number of rotatable bonds is 11. The zero-order valence-electron chi connectivity index (χ0n) is 19.3. The zero-order chi connectivity index (χ0) is 23.7. The van der Waals surface area contributed by atoms with E-state index in [0.29, 0.717) is 49.4 Å². The van der Waals surface area contributed by atoms with Crippen LogP contribution in [0, 0.1) is 5.41 Å². The first-order chi connectivity index (χ1) is 16.0. The van der Waals surface area contributed by atoms with Crippen LogP contribution in [0.1, 0.15) is 66.4 Å². The Morgan fingerprint density at radius 1 is 0.939 bits per heavy atom. The van der Waals surface area contributed by atoms with Crippen LogP contribution in [-0.2, 0) is 17.6 Å². The summed E-state index contributed by atoms with van der Waals surface area (Å²) in [5, 5.41) is 19.0. The molecule has 178 valence electrons. The number of methoxy groups -OCH3 is 1. The lowest BCUT2D eigenvalue weighted by atomic mass is 9.75. The number of ether oxygens (including phenoxy) is 2. The SMILES string of the molecule is COc1ccc(C(=O)CC2(C(=O)O)CCCCCC2)cc1OCCc1cccc(CCO)c1. The number of aliphatic hydroxyl groups is 1. The van der Waals surface area contributed by atoms with Crippen LogP contribution in [0.25, 0.3) is 0 Å². The molecule has 0 aromatic heterocycles. The van der Waals surface area contributed by atoms with Crippen LogP contribution in [0.5, 0.6) is 11.5 Å². The van der Waals surface area contributed by atoms with Crippen molar-refractivity contribution in [3.63, 3.8) is 0 Å². The zero-order valence-corrected chi connectivity index (χ0v) is 19.3. The van der Waals surface area contributed by atoms with Crippen LogP contribution in [-0.4, -0.2) is 42.3 Å². The number of hydrogen-bond donors (Lipinski definition) is 2. The molecule has 0 heterocycles. The number of carbonyl (C=O) groups excluding carboxylic acids is 1. The number of aliphatic carboxylic acids is 1. The minimum Gasteiger partial charge on any atom is -0.493 e. The average molecular weight is 455 g/mol. The van der Waals surface area contributed by atoms with Gasteiger partial charge in [0.15, 0.2) is 17.3 Å². The molecule has 1 aliphatic rings. The van der Waals surface area contributed by atoms with Gasteiger partial charge in [-0.2, -0.15) is 0 Å². The number of carbonyl (C=O) groups is 2. The van der Waals surface area contributed by atoms with Crippen molar-refractivity contribution in [1.82, 2.24) is 0 Å². The Hall–Kier alpha value is -2.86. The molecule has 0 aliphatic heterocycles. The van der Waals surface area contributed by atoms with Crippen LogP contribution in [0.3, 0.4) is 0 Å². The molecule has 0 spiro atoms. The maximum atomic E-state index is 13.1. The van der Waals surface area contributed by atoms with Gasteiger partial charge in [-0.05, 0) is 48.6 Å². The minimum absolute atomic E-state index is 0.00571. The molecule has 0 radical (unpaired) electrons. The summed E-state index contributed by atoms with van der Waals surface area (Å²) in [6.45, 7) is 0.511. The van der Waals surface area contributed by atoms with E-state index in [1.54, 1.807) is 25.3 Å². The summed E-state index contributed by atoms with van der Waals surface area (Å²) in [6.07, 6.45) is 6.11. The Balaban J connectivity index is 1.70. The minimum atomic E-state index is -0.978. The smallest absolute Gasteiger partial charge is 0.310 e. The normalized spacial score (nSPS) is 15.5. The van der Waals surface area contributed by atoms with E-state index < -0.39 is 11.4 Å². The third-order valence-electron chi connectivity index (χ3n) is 6.54. The number of carboxylic acid groups (broad SMARTS) is 1. The summed E-state index contributed by atoms with van der Waals surface area (Å²) in [4.78, 5) is 25.2. The molecular weight excluding hydrogens is 420 g/mol. The van der Waals surface area contributed by atoms with E-state index in [2.05, 4.69) is 6.07 Å². The van der Waals surface area contributed by atoms with E-state index in [1.165, 1.54) is 0 Å². The van der Waals surface area contributed by atoms with Gasteiger partial charge in [0.2, 0.25) is 0 Å². The van der Waals surface area contributed by atoms with Crippen molar-refractivity contribution in [2.24, 2.45) is 5.41 Å². The largest absolute Gasteiger partial charge is 0.493 e. The Kier molecular flexibility index (Phi) is 8.89. The van der Waals surface area contributed by atoms with Gasteiger partial charge >= 0.3 is 5.97 Å². The third-order valence-corrected chi connectivity index (χ3v) is 6.54. The van der Waals surface area contributed by atoms with Gasteiger partial charge in [-0.3, -0.25) is 9.59 Å². The predicted octanol–water partition coefficient (Wildman–Crippen LogP) is 4.85. The van der Waals surface area contributed by atoms with Gasteiger partial charge in [-0.25, -0.2) is 0 Å². The van der Waals surface area contributed by atoms with Crippen molar-refractivity contribution in [2.45, 2.75) is 57.8 Å². The fourth-order valence-corrected chi connectivity index (χ4v) is 4.59. The molecule has 6 nitrogen and oxygen atoms in total. The van der Waals surface area contributed by atoms with Gasteiger partial charge in [0, 0.05) is 25.0 Å². The van der Waals surface area contributed by atoms with E-state index in [4.69, 9.17) is 14.6 Å². The van der Waals surface area contributed by atoms with Gasteiger partial charge in [-0.1, -0.05) is 49.9 Å². The average Bonchev–Trinajstić information content (AvgIpc) is 3.06. The maximum absolute atomic E-state index is 13.1. The van der Waals surface area contributed by atoms with Crippen LogP contribution < -0.4 is 9.47 Å². The van der Waals surface area contributed by atoms with Crippen LogP contribution in [0.4, 0.5) is 0 Å². The van der Waals surface area contributed by atoms with E-state index in [0.717, 1.165) is 36.8 Å². The molecule has 2 aromatic carbocycles. The lowest BCUT2D eigenvalue weighted by Gasteiger charge is -2.27. The molecule has 0 bridgehead atoms. The van der Waals surface area contributed by atoms with Crippen molar-refractivity contribution in [3.8, 4) is 11.5 Å². The fourth-order valence-electron chi connectivity index (χ4n) is 4.59. The van der Waals surface area contributed by atoms with Crippen molar-refractivity contribution < 1.29 is 29.3 Å². The number of ketones is 1. The quantitative estimate of drug-likeness (QED) is 0.372. The van der Waals surface area contributed by atoms with E-state index >= 15 is 0 Å². The Morgan fingerprint density at radius 2 is 1.64 bits per heavy atom. The van der Waals surface area contributed by atoms with Crippen LogP contribution >= 0.6 is 0 Å². The standard InChI is InChI=1S/C27H34O6/c1-32-24-10-9-22(23(29)19-27(26(30)31)13-4-2-3-5-14-27)18-25(24)33-16-12-21-8-6-7-20(17-21)11-15-28/h6-10,17-18,28H,2-5,11-16,19H2,1H3,(H,30,31). The second-order valence-electron chi connectivity index (χ2n) is 8.86. The van der Waals surface area contributed by atoms with Gasteiger partial charge in [-0.15, -0.1) is 0 Å². The summed E-state index contributed by atoms with van der Waals surface area (Å²) in [6, 6.07) is 13.1. The molecule has 2 aromatic rings. The summed E-state index contributed by atoms with van der Waals surface area (Å²) in [5.41, 5.74) is 1.64. The maximum Gasteiger partial charge on any atom is 0.310 e. The number of carboxylic acids is 1. The molecule has 1 aliphatic carbocycles. The molecule has 0 unspecified atom stereocenters. The second kappa shape index (κ2) is 11.8. The van der Waals surface area contributed by atoms with Gasteiger partial charge in [0.1, 0.15) is 0 Å². The molecule has 2 N–H and O–H groups in total. The lowest BCUT2D eigenvalue weighted by molar-refractivity contribution is -0.149. The molecular formula is C27H34O6. The second-order valence-corrected chi connectivity index (χ2v) is 8.86. The number of aliphatic hydroxyl groups excluding tert-OH is 1. The molecule has 6 heteroatoms. The van der Waals surface area contributed by atoms with Crippen molar-refractivity contribution in [2.75, 3.05) is 20.3 Å². The number of benzene rings is 2. The number of Topliss-reactive ketones (excluding diaryl/α,β-unsaturated/α-hetero) is 1. The van der Waals surface area contributed by atoms with E-state index in [1.807, 2.05) is 18.2 Å².